The molecule has 0 radical (unpaired) electrons. The van der Waals surface area contributed by atoms with Crippen molar-refractivity contribution in [1.29, 1.82) is 0 Å². The minimum Gasteiger partial charge on any atom is -0.493 e. The molecule has 5 nitrogen and oxygen atoms in total. The van der Waals surface area contributed by atoms with Crippen molar-refractivity contribution in [3.63, 3.8) is 0 Å². The van der Waals surface area contributed by atoms with Crippen molar-refractivity contribution in [2.24, 2.45) is 0 Å². The van der Waals surface area contributed by atoms with E-state index in [1.165, 1.54) is 11.3 Å². The quantitative estimate of drug-likeness (QED) is 0.889. The summed E-state index contributed by atoms with van der Waals surface area (Å²) in [4.78, 5) is 2.44. The number of ether oxygens (including phenoxy) is 2. The molecule has 1 N–H and O–H groups in total. The van der Waals surface area contributed by atoms with Gasteiger partial charge in [0.15, 0.2) is 11.5 Å². The molecular formula is C18H25N3O2. The number of nitrogens with zero attached hydrogens (tertiary/aromatic N) is 2. The first-order chi connectivity index (χ1) is 11.3. The zero-order valence-electron chi connectivity index (χ0n) is 14.2. The molecule has 0 aliphatic carbocycles. The van der Waals surface area contributed by atoms with Crippen molar-refractivity contribution in [2.75, 3.05) is 26.8 Å². The number of hydrogen-bond acceptors (Lipinski definition) is 4. The van der Waals surface area contributed by atoms with E-state index in [0.29, 0.717) is 6.61 Å². The SMILES string of the molecule is CCCOc1ccc(-c2n[nH]c3c2CN(CC)CC3)cc1OC. The molecule has 1 aromatic carbocycles. The molecule has 0 saturated carbocycles. The van der Waals surface area contributed by atoms with E-state index in [2.05, 4.69) is 35.0 Å². The van der Waals surface area contributed by atoms with Gasteiger partial charge >= 0.3 is 0 Å². The average Bonchev–Trinajstić information content (AvgIpc) is 3.02. The molecule has 0 spiro atoms. The molecule has 5 heteroatoms. The van der Waals surface area contributed by atoms with Crippen LogP contribution < -0.4 is 9.47 Å². The molecule has 2 aromatic rings. The Morgan fingerprint density at radius 1 is 1.26 bits per heavy atom. The van der Waals surface area contributed by atoms with E-state index < -0.39 is 0 Å². The van der Waals surface area contributed by atoms with Crippen LogP contribution in [0.2, 0.25) is 0 Å². The van der Waals surface area contributed by atoms with Crippen LogP contribution in [0, 0.1) is 0 Å². The maximum atomic E-state index is 5.74. The number of aromatic amines is 1. The van der Waals surface area contributed by atoms with Crippen molar-refractivity contribution in [3.8, 4) is 22.8 Å². The fourth-order valence-corrected chi connectivity index (χ4v) is 3.01. The maximum Gasteiger partial charge on any atom is 0.161 e. The summed E-state index contributed by atoms with van der Waals surface area (Å²) in [5.41, 5.74) is 4.66. The van der Waals surface area contributed by atoms with Crippen molar-refractivity contribution in [2.45, 2.75) is 33.2 Å². The summed E-state index contributed by atoms with van der Waals surface area (Å²) in [7, 11) is 1.68. The van der Waals surface area contributed by atoms with Gasteiger partial charge in [-0.2, -0.15) is 5.10 Å². The number of rotatable bonds is 6. The smallest absolute Gasteiger partial charge is 0.161 e. The number of methoxy groups -OCH3 is 1. The lowest BCUT2D eigenvalue weighted by atomic mass is 10.0. The minimum atomic E-state index is 0.693. The van der Waals surface area contributed by atoms with Crippen molar-refractivity contribution >= 4 is 0 Å². The van der Waals surface area contributed by atoms with Crippen molar-refractivity contribution in [3.05, 3.63) is 29.5 Å². The fraction of sp³-hybridized carbons (Fsp3) is 0.500. The summed E-state index contributed by atoms with van der Waals surface area (Å²) in [5.74, 6) is 1.55. The van der Waals surface area contributed by atoms with Gasteiger partial charge in [-0.15, -0.1) is 0 Å². The third-order valence-electron chi connectivity index (χ3n) is 4.36. The first-order valence-electron chi connectivity index (χ1n) is 8.36. The van der Waals surface area contributed by atoms with Gasteiger partial charge in [0.1, 0.15) is 0 Å². The zero-order valence-corrected chi connectivity index (χ0v) is 14.2. The Labute approximate surface area is 137 Å². The molecule has 3 rings (SSSR count). The van der Waals surface area contributed by atoms with Crippen molar-refractivity contribution in [1.82, 2.24) is 15.1 Å². The van der Waals surface area contributed by atoms with Crippen LogP contribution in [0.4, 0.5) is 0 Å². The van der Waals surface area contributed by atoms with E-state index in [-0.39, 0.29) is 0 Å². The van der Waals surface area contributed by atoms with Crippen LogP contribution in [0.1, 0.15) is 31.5 Å². The van der Waals surface area contributed by atoms with Gasteiger partial charge in [-0.1, -0.05) is 13.8 Å². The summed E-state index contributed by atoms with van der Waals surface area (Å²) in [5, 5.41) is 7.76. The summed E-state index contributed by atoms with van der Waals surface area (Å²) in [6.45, 7) is 8.10. The topological polar surface area (TPSA) is 50.4 Å². The lowest BCUT2D eigenvalue weighted by Crippen LogP contribution is -2.30. The second-order valence-electron chi connectivity index (χ2n) is 5.86. The standard InChI is InChI=1S/C18H25N3O2/c1-4-10-23-16-7-6-13(11-17(16)22-3)18-14-12-21(5-2)9-8-15(14)19-20-18/h6-7,11H,4-5,8-10,12H2,1-3H3,(H,19,20). The van der Waals surface area contributed by atoms with E-state index >= 15 is 0 Å². The van der Waals surface area contributed by atoms with E-state index in [9.17, 15) is 0 Å². The molecule has 0 amide bonds. The third kappa shape index (κ3) is 3.20. The predicted octanol–water partition coefficient (Wildman–Crippen LogP) is 3.25. The molecule has 1 aromatic heterocycles. The molecule has 0 atom stereocenters. The highest BCUT2D eigenvalue weighted by molar-refractivity contribution is 5.68. The average molecular weight is 315 g/mol. The normalized spacial score (nSPS) is 14.6. The number of H-pyrrole nitrogens is 1. The Bertz CT molecular complexity index is 666. The Kier molecular flexibility index (Phi) is 4.86. The fourth-order valence-electron chi connectivity index (χ4n) is 3.01. The van der Waals surface area contributed by atoms with Gasteiger partial charge in [-0.05, 0) is 31.2 Å². The summed E-state index contributed by atoms with van der Waals surface area (Å²) in [6, 6.07) is 6.06. The molecule has 0 saturated heterocycles. The van der Waals surface area contributed by atoms with Crippen LogP contribution in [0.3, 0.4) is 0 Å². The Morgan fingerprint density at radius 3 is 2.87 bits per heavy atom. The van der Waals surface area contributed by atoms with Gasteiger partial charge in [-0.25, -0.2) is 0 Å². The molecule has 0 bridgehead atoms. The highest BCUT2D eigenvalue weighted by atomic mass is 16.5. The second-order valence-corrected chi connectivity index (χ2v) is 5.86. The molecule has 124 valence electrons. The summed E-state index contributed by atoms with van der Waals surface area (Å²) in [6.07, 6.45) is 2.01. The molecule has 1 aliphatic rings. The van der Waals surface area contributed by atoms with E-state index in [1.54, 1.807) is 7.11 Å². The Hall–Kier alpha value is -2.01. The molecular weight excluding hydrogens is 290 g/mol. The van der Waals surface area contributed by atoms with Crippen LogP contribution in [0.15, 0.2) is 18.2 Å². The predicted molar refractivity (Wildman–Crippen MR) is 91.0 cm³/mol. The largest absolute Gasteiger partial charge is 0.493 e. The van der Waals surface area contributed by atoms with Gasteiger partial charge in [0, 0.05) is 36.3 Å². The Balaban J connectivity index is 1.92. The number of hydrogen-bond donors (Lipinski definition) is 1. The summed E-state index contributed by atoms with van der Waals surface area (Å²) < 4.78 is 11.2. The van der Waals surface area contributed by atoms with Crippen LogP contribution in [-0.2, 0) is 13.0 Å². The molecule has 0 fully saturated rings. The van der Waals surface area contributed by atoms with Gasteiger partial charge in [0.25, 0.3) is 0 Å². The van der Waals surface area contributed by atoms with Crippen molar-refractivity contribution < 1.29 is 9.47 Å². The highest BCUT2D eigenvalue weighted by Crippen LogP contribution is 2.35. The van der Waals surface area contributed by atoms with Gasteiger partial charge in [-0.3, -0.25) is 10.00 Å². The Morgan fingerprint density at radius 2 is 2.13 bits per heavy atom. The lowest BCUT2D eigenvalue weighted by Gasteiger charge is -2.25. The van der Waals surface area contributed by atoms with Gasteiger partial charge in [0.05, 0.1) is 19.4 Å². The maximum absolute atomic E-state index is 5.74. The number of benzene rings is 1. The summed E-state index contributed by atoms with van der Waals surface area (Å²) >= 11 is 0. The van der Waals surface area contributed by atoms with Crippen LogP contribution in [-0.4, -0.2) is 41.9 Å². The van der Waals surface area contributed by atoms with E-state index in [1.807, 2.05) is 12.1 Å². The lowest BCUT2D eigenvalue weighted by molar-refractivity contribution is 0.267. The number of fused-ring (bicyclic) bond motifs is 1. The minimum absolute atomic E-state index is 0.693. The highest BCUT2D eigenvalue weighted by Gasteiger charge is 2.22. The third-order valence-corrected chi connectivity index (χ3v) is 4.36. The molecule has 2 heterocycles. The number of likely N-dealkylation sites (N-methyl/N-ethyl adjacent to an activating group) is 1. The number of aromatic nitrogens is 2. The first kappa shape index (κ1) is 15.9. The first-order valence-corrected chi connectivity index (χ1v) is 8.36. The second kappa shape index (κ2) is 7.04. The molecule has 0 unspecified atom stereocenters. The monoisotopic (exact) mass is 315 g/mol. The van der Waals surface area contributed by atoms with E-state index in [4.69, 9.17) is 9.47 Å². The van der Waals surface area contributed by atoms with Crippen LogP contribution >= 0.6 is 0 Å². The number of nitrogens with one attached hydrogen (secondary N) is 1. The van der Waals surface area contributed by atoms with Gasteiger partial charge in [0.2, 0.25) is 0 Å². The van der Waals surface area contributed by atoms with Crippen LogP contribution in [0.25, 0.3) is 11.3 Å². The molecule has 1 aliphatic heterocycles. The zero-order chi connectivity index (χ0) is 16.2. The van der Waals surface area contributed by atoms with Crippen LogP contribution in [0.5, 0.6) is 11.5 Å². The van der Waals surface area contributed by atoms with Gasteiger partial charge < -0.3 is 9.47 Å². The van der Waals surface area contributed by atoms with E-state index in [0.717, 1.165) is 55.2 Å². The molecule has 23 heavy (non-hydrogen) atoms.